The summed E-state index contributed by atoms with van der Waals surface area (Å²) in [5, 5.41) is 0. The minimum absolute atomic E-state index is 0.877. The van der Waals surface area contributed by atoms with E-state index in [0.29, 0.717) is 0 Å². The highest BCUT2D eigenvalue weighted by Crippen LogP contribution is 1.79. The standard InChI is InChI=1S/CHCl2NO2/c2-4-1(5)6-3/h(H,4,5). The van der Waals surface area contributed by atoms with Gasteiger partial charge >= 0.3 is 6.09 Å². The van der Waals surface area contributed by atoms with Crippen LogP contribution in [0.2, 0.25) is 0 Å². The summed E-state index contributed by atoms with van der Waals surface area (Å²) in [5.74, 6) is 0. The molecule has 0 fully saturated rings. The summed E-state index contributed by atoms with van der Waals surface area (Å²) in [4.78, 5) is 11.2. The van der Waals surface area contributed by atoms with Gasteiger partial charge in [-0.25, -0.2) is 9.63 Å². The molecule has 0 radical (unpaired) electrons. The van der Waals surface area contributed by atoms with E-state index in [-0.39, 0.29) is 0 Å². The van der Waals surface area contributed by atoms with E-state index in [1.165, 1.54) is 0 Å². The van der Waals surface area contributed by atoms with E-state index < -0.39 is 6.09 Å². The number of carbonyl (C=O) groups is 1. The molecule has 0 aliphatic carbocycles. The van der Waals surface area contributed by atoms with Crippen molar-refractivity contribution in [1.82, 2.24) is 4.84 Å². The van der Waals surface area contributed by atoms with Crippen molar-refractivity contribution in [3.05, 3.63) is 0 Å². The Morgan fingerprint density at radius 3 is 2.33 bits per heavy atom. The topological polar surface area (TPSA) is 38.3 Å². The number of halogens is 2. The van der Waals surface area contributed by atoms with E-state index in [0.717, 1.165) is 0 Å². The smallest absolute Gasteiger partial charge is 0.329 e. The summed E-state index contributed by atoms with van der Waals surface area (Å²) < 4.78 is 3.49. The number of carbonyl (C=O) groups excluding carboxylic acids is 1. The van der Waals surface area contributed by atoms with Gasteiger partial charge in [-0.3, -0.25) is 0 Å². The molecule has 0 bridgehead atoms. The number of amides is 1. The zero-order valence-corrected chi connectivity index (χ0v) is 4.08. The third-order valence-corrected chi connectivity index (χ3v) is 0.442. The van der Waals surface area contributed by atoms with E-state index >= 15 is 0 Å². The summed E-state index contributed by atoms with van der Waals surface area (Å²) in [5.41, 5.74) is 0. The molecule has 0 rings (SSSR count). The van der Waals surface area contributed by atoms with Crippen molar-refractivity contribution in [3.63, 3.8) is 0 Å². The molecule has 0 heterocycles. The number of nitrogens with one attached hydrogen (secondary N) is 1. The molecule has 36 valence electrons. The van der Waals surface area contributed by atoms with Gasteiger partial charge in [0, 0.05) is 11.8 Å². The Labute approximate surface area is 44.5 Å². The first kappa shape index (κ1) is 5.85. The Morgan fingerprint density at radius 2 is 2.33 bits per heavy atom. The van der Waals surface area contributed by atoms with Gasteiger partial charge < -0.3 is 4.29 Å². The Bertz CT molecular complexity index is 49.5. The molecule has 1 N–H and O–H groups in total. The highest BCUT2D eigenvalue weighted by atomic mass is 35.5. The first-order valence-electron chi connectivity index (χ1n) is 1.00. The third kappa shape index (κ3) is 2.11. The minimum atomic E-state index is -0.877. The molecule has 1 amide bonds. The molecule has 0 atom stereocenters. The van der Waals surface area contributed by atoms with E-state index in [9.17, 15) is 4.79 Å². The largest absolute Gasteiger partial charge is 0.440 e. The fourth-order valence-corrected chi connectivity index (χ4v) is 0.131. The SMILES string of the molecule is O=C(NCl)OCl. The molecule has 0 aliphatic rings. The van der Waals surface area contributed by atoms with Gasteiger partial charge in [0.15, 0.2) is 0 Å². The summed E-state index contributed by atoms with van der Waals surface area (Å²) in [6.45, 7) is 0. The maximum absolute atomic E-state index is 9.58. The Balaban J connectivity index is 2.99. The molecular weight excluding hydrogens is 129 g/mol. The van der Waals surface area contributed by atoms with Gasteiger partial charge in [-0.2, -0.15) is 0 Å². The zero-order chi connectivity index (χ0) is 4.99. The molecule has 0 saturated heterocycles. The van der Waals surface area contributed by atoms with Crippen LogP contribution in [-0.4, -0.2) is 6.09 Å². The van der Waals surface area contributed by atoms with Crippen molar-refractivity contribution < 1.29 is 9.08 Å². The maximum atomic E-state index is 9.58. The average molecular weight is 130 g/mol. The molecule has 5 heteroatoms. The van der Waals surface area contributed by atoms with E-state index in [4.69, 9.17) is 0 Å². The lowest BCUT2D eigenvalue weighted by Crippen LogP contribution is -2.08. The number of hydrogen-bond donors (Lipinski definition) is 1. The Hall–Kier alpha value is -0.150. The van der Waals surface area contributed by atoms with Crippen LogP contribution < -0.4 is 4.84 Å². The molecule has 0 spiro atoms. The predicted octanol–water partition coefficient (Wildman–Crippen LogP) is 1.02. The quantitative estimate of drug-likeness (QED) is 0.497. The van der Waals surface area contributed by atoms with E-state index in [1.807, 2.05) is 0 Å². The fraction of sp³-hybridized carbons (Fsp3) is 0. The molecule has 0 aliphatic heterocycles. The van der Waals surface area contributed by atoms with Crippen molar-refractivity contribution in [2.24, 2.45) is 0 Å². The molecule has 0 aromatic rings. The van der Waals surface area contributed by atoms with Gasteiger partial charge in [-0.15, -0.1) is 0 Å². The lowest BCUT2D eigenvalue weighted by Gasteiger charge is -1.83. The lowest BCUT2D eigenvalue weighted by atomic mass is 11.3. The fourth-order valence-electron chi connectivity index (χ4n) is 0.0146. The van der Waals surface area contributed by atoms with Gasteiger partial charge in [0.25, 0.3) is 0 Å². The van der Waals surface area contributed by atoms with Crippen LogP contribution in [0, 0.1) is 0 Å². The molecule has 3 nitrogen and oxygen atoms in total. The second kappa shape index (κ2) is 3.06. The number of hydrogen-bond acceptors (Lipinski definition) is 2. The van der Waals surface area contributed by atoms with Crippen molar-refractivity contribution in [1.29, 1.82) is 0 Å². The average Bonchev–Trinajstić information content (AvgIpc) is 1.65. The highest BCUT2D eigenvalue weighted by molar-refractivity contribution is 6.23. The first-order chi connectivity index (χ1) is 2.81. The van der Waals surface area contributed by atoms with Crippen LogP contribution in [0.3, 0.4) is 0 Å². The van der Waals surface area contributed by atoms with Crippen LogP contribution in [-0.2, 0) is 4.29 Å². The molecule has 0 aromatic heterocycles. The highest BCUT2D eigenvalue weighted by Gasteiger charge is 1.90. The van der Waals surface area contributed by atoms with Gasteiger partial charge in [0.2, 0.25) is 0 Å². The van der Waals surface area contributed by atoms with Crippen molar-refractivity contribution in [3.8, 4) is 0 Å². The summed E-state index contributed by atoms with van der Waals surface area (Å²) in [6.07, 6.45) is -0.877. The van der Waals surface area contributed by atoms with Crippen LogP contribution >= 0.6 is 23.6 Å². The first-order valence-corrected chi connectivity index (χ1v) is 1.69. The van der Waals surface area contributed by atoms with Crippen LogP contribution in [0.4, 0.5) is 4.79 Å². The van der Waals surface area contributed by atoms with Gasteiger partial charge in [0.05, 0.1) is 0 Å². The van der Waals surface area contributed by atoms with Crippen LogP contribution in [0.15, 0.2) is 0 Å². The third-order valence-electron chi connectivity index (χ3n) is 0.147. The van der Waals surface area contributed by atoms with Crippen molar-refractivity contribution >= 4 is 29.7 Å². The van der Waals surface area contributed by atoms with Crippen LogP contribution in [0.1, 0.15) is 0 Å². The Morgan fingerprint density at radius 1 is 1.83 bits per heavy atom. The summed E-state index contributed by atoms with van der Waals surface area (Å²) in [6, 6.07) is 0. The Kier molecular flexibility index (Phi) is 2.98. The molecule has 6 heavy (non-hydrogen) atoms. The van der Waals surface area contributed by atoms with E-state index in [2.05, 4.69) is 27.9 Å². The minimum Gasteiger partial charge on any atom is -0.329 e. The summed E-state index contributed by atoms with van der Waals surface area (Å²) in [7, 11) is 0. The predicted molar refractivity (Wildman–Crippen MR) is 21.3 cm³/mol. The maximum Gasteiger partial charge on any atom is 0.440 e. The second-order valence-corrected chi connectivity index (χ2v) is 0.802. The normalized spacial score (nSPS) is 7.00. The zero-order valence-electron chi connectivity index (χ0n) is 2.57. The van der Waals surface area contributed by atoms with Crippen molar-refractivity contribution in [2.45, 2.75) is 0 Å². The number of rotatable bonds is 0. The van der Waals surface area contributed by atoms with Crippen LogP contribution in [0.25, 0.3) is 0 Å². The molecule has 0 unspecified atom stereocenters. The monoisotopic (exact) mass is 129 g/mol. The van der Waals surface area contributed by atoms with Crippen LogP contribution in [0.5, 0.6) is 0 Å². The van der Waals surface area contributed by atoms with Gasteiger partial charge in [-0.1, -0.05) is 0 Å². The summed E-state index contributed by atoms with van der Waals surface area (Å²) >= 11 is 9.10. The molecule has 0 saturated carbocycles. The van der Waals surface area contributed by atoms with Gasteiger partial charge in [0.1, 0.15) is 11.9 Å². The van der Waals surface area contributed by atoms with Gasteiger partial charge in [-0.05, 0) is 0 Å². The lowest BCUT2D eigenvalue weighted by molar-refractivity contribution is 0.211. The molecular formula is CHCl2NO2. The van der Waals surface area contributed by atoms with E-state index in [1.54, 1.807) is 4.84 Å². The van der Waals surface area contributed by atoms with Crippen molar-refractivity contribution in [2.75, 3.05) is 0 Å². The second-order valence-electron chi connectivity index (χ2n) is 0.459. The molecule has 0 aromatic carbocycles.